The largest absolute Gasteiger partial charge is 0.465 e. The van der Waals surface area contributed by atoms with Crippen LogP contribution in [-0.4, -0.2) is 57.2 Å². The fraction of sp³-hybridized carbons (Fsp3) is 0.320. The minimum atomic E-state index is -0.372. The standard InChI is InChI=1S/C25H27N7O2/c1-31-22(9-12-28-31)23-20-5-3-4-6-21(20)24(30-29-23)32-13-10-18(11-14-32)27-16-19-8-7-17(15-26-19)25(33)34-2/h3-9,12,15,18,27H,10-11,13-14,16H2,1-2H3. The van der Waals surface area contributed by atoms with Gasteiger partial charge in [-0.15, -0.1) is 10.2 Å². The molecule has 0 unspecified atom stereocenters. The molecule has 1 saturated heterocycles. The first kappa shape index (κ1) is 22.0. The van der Waals surface area contributed by atoms with Gasteiger partial charge in [0.05, 0.1) is 24.1 Å². The van der Waals surface area contributed by atoms with E-state index in [4.69, 9.17) is 4.74 Å². The Morgan fingerprint density at radius 3 is 2.56 bits per heavy atom. The zero-order valence-electron chi connectivity index (χ0n) is 19.3. The number of aryl methyl sites for hydroxylation is 1. The Hall–Kier alpha value is -3.85. The summed E-state index contributed by atoms with van der Waals surface area (Å²) in [5.74, 6) is 0.559. The van der Waals surface area contributed by atoms with Crippen LogP contribution in [0.5, 0.6) is 0 Å². The van der Waals surface area contributed by atoms with Gasteiger partial charge in [-0.25, -0.2) is 4.79 Å². The number of aromatic nitrogens is 5. The minimum absolute atomic E-state index is 0.372. The van der Waals surface area contributed by atoms with E-state index in [0.717, 1.165) is 59.6 Å². The number of pyridine rings is 1. The second kappa shape index (κ2) is 9.56. The van der Waals surface area contributed by atoms with Crippen molar-refractivity contribution >= 4 is 22.6 Å². The quantitative estimate of drug-likeness (QED) is 0.441. The second-order valence-electron chi connectivity index (χ2n) is 8.43. The Labute approximate surface area is 197 Å². The molecule has 34 heavy (non-hydrogen) atoms. The van der Waals surface area contributed by atoms with E-state index in [9.17, 15) is 4.79 Å². The topological polar surface area (TPSA) is 98.1 Å². The molecular weight excluding hydrogens is 430 g/mol. The number of benzene rings is 1. The predicted molar refractivity (Wildman–Crippen MR) is 129 cm³/mol. The normalized spacial score (nSPS) is 14.5. The van der Waals surface area contributed by atoms with Gasteiger partial charge in [0.25, 0.3) is 0 Å². The first-order valence-electron chi connectivity index (χ1n) is 11.4. The van der Waals surface area contributed by atoms with Crippen LogP contribution < -0.4 is 10.2 Å². The number of carbonyl (C=O) groups is 1. The molecule has 4 heterocycles. The van der Waals surface area contributed by atoms with Crippen LogP contribution in [0.4, 0.5) is 5.82 Å². The molecule has 0 atom stereocenters. The maximum Gasteiger partial charge on any atom is 0.339 e. The molecule has 1 fully saturated rings. The van der Waals surface area contributed by atoms with Crippen LogP contribution in [0.2, 0.25) is 0 Å². The summed E-state index contributed by atoms with van der Waals surface area (Å²) in [6, 6.07) is 14.3. The lowest BCUT2D eigenvalue weighted by molar-refractivity contribution is 0.0600. The summed E-state index contributed by atoms with van der Waals surface area (Å²) in [5.41, 5.74) is 3.16. The number of carbonyl (C=O) groups excluding carboxylic acids is 1. The van der Waals surface area contributed by atoms with E-state index in [1.54, 1.807) is 18.5 Å². The number of hydrogen-bond acceptors (Lipinski definition) is 8. The molecule has 0 bridgehead atoms. The number of piperidine rings is 1. The van der Waals surface area contributed by atoms with Crippen molar-refractivity contribution in [2.75, 3.05) is 25.1 Å². The Morgan fingerprint density at radius 1 is 1.09 bits per heavy atom. The van der Waals surface area contributed by atoms with Crippen LogP contribution in [0.25, 0.3) is 22.2 Å². The summed E-state index contributed by atoms with van der Waals surface area (Å²) in [7, 11) is 3.29. The number of nitrogens with one attached hydrogen (secondary N) is 1. The maximum absolute atomic E-state index is 11.6. The molecule has 1 aliphatic rings. The Bertz CT molecular complexity index is 1290. The van der Waals surface area contributed by atoms with Crippen molar-refractivity contribution in [1.29, 1.82) is 0 Å². The van der Waals surface area contributed by atoms with Gasteiger partial charge in [0.2, 0.25) is 0 Å². The predicted octanol–water partition coefficient (Wildman–Crippen LogP) is 2.97. The highest BCUT2D eigenvalue weighted by Gasteiger charge is 2.23. The van der Waals surface area contributed by atoms with Gasteiger partial charge in [-0.1, -0.05) is 24.3 Å². The third kappa shape index (κ3) is 4.34. The Morgan fingerprint density at radius 2 is 1.88 bits per heavy atom. The van der Waals surface area contributed by atoms with Crippen molar-refractivity contribution in [2.45, 2.75) is 25.4 Å². The van der Waals surface area contributed by atoms with E-state index >= 15 is 0 Å². The number of fused-ring (bicyclic) bond motifs is 1. The molecule has 1 N–H and O–H groups in total. The third-order valence-electron chi connectivity index (χ3n) is 6.34. The highest BCUT2D eigenvalue weighted by atomic mass is 16.5. The van der Waals surface area contributed by atoms with Crippen LogP contribution in [0.15, 0.2) is 54.9 Å². The van der Waals surface area contributed by atoms with Crippen LogP contribution >= 0.6 is 0 Å². The lowest BCUT2D eigenvalue weighted by Gasteiger charge is -2.33. The number of rotatable bonds is 6. The molecule has 9 heteroatoms. The first-order chi connectivity index (χ1) is 16.6. The van der Waals surface area contributed by atoms with E-state index in [-0.39, 0.29) is 5.97 Å². The average Bonchev–Trinajstić information content (AvgIpc) is 3.32. The van der Waals surface area contributed by atoms with Crippen molar-refractivity contribution in [2.24, 2.45) is 7.05 Å². The van der Waals surface area contributed by atoms with E-state index in [0.29, 0.717) is 18.2 Å². The van der Waals surface area contributed by atoms with Crippen LogP contribution in [-0.2, 0) is 18.3 Å². The molecule has 0 spiro atoms. The molecule has 174 valence electrons. The van der Waals surface area contributed by atoms with Crippen LogP contribution in [0, 0.1) is 0 Å². The summed E-state index contributed by atoms with van der Waals surface area (Å²) in [6.07, 6.45) is 5.34. The molecule has 3 aromatic heterocycles. The summed E-state index contributed by atoms with van der Waals surface area (Å²) in [5, 5.41) is 19.3. The van der Waals surface area contributed by atoms with Gasteiger partial charge in [-0.3, -0.25) is 9.67 Å². The molecule has 1 aliphatic heterocycles. The van der Waals surface area contributed by atoms with Crippen molar-refractivity contribution in [3.63, 3.8) is 0 Å². The van der Waals surface area contributed by atoms with E-state index in [2.05, 4.69) is 42.6 Å². The SMILES string of the molecule is COC(=O)c1ccc(CNC2CCN(c3nnc(-c4ccnn4C)c4ccccc34)CC2)nc1. The zero-order chi connectivity index (χ0) is 23.5. The molecular formula is C25H27N7O2. The molecule has 9 nitrogen and oxygen atoms in total. The highest BCUT2D eigenvalue weighted by Crippen LogP contribution is 2.32. The number of methoxy groups -OCH3 is 1. The van der Waals surface area contributed by atoms with Gasteiger partial charge >= 0.3 is 5.97 Å². The van der Waals surface area contributed by atoms with Crippen molar-refractivity contribution in [3.05, 3.63) is 66.1 Å². The molecule has 0 radical (unpaired) electrons. The second-order valence-corrected chi connectivity index (χ2v) is 8.43. The summed E-state index contributed by atoms with van der Waals surface area (Å²) in [6.45, 7) is 2.46. The summed E-state index contributed by atoms with van der Waals surface area (Å²) < 4.78 is 6.55. The lowest BCUT2D eigenvalue weighted by Crippen LogP contribution is -2.42. The van der Waals surface area contributed by atoms with Gasteiger partial charge in [0.1, 0.15) is 5.69 Å². The van der Waals surface area contributed by atoms with Crippen molar-refractivity contribution < 1.29 is 9.53 Å². The highest BCUT2D eigenvalue weighted by molar-refractivity contribution is 5.99. The monoisotopic (exact) mass is 457 g/mol. The first-order valence-corrected chi connectivity index (χ1v) is 11.4. The van der Waals surface area contributed by atoms with Crippen molar-refractivity contribution in [1.82, 2.24) is 30.3 Å². The van der Waals surface area contributed by atoms with Gasteiger partial charge in [-0.05, 0) is 31.0 Å². The van der Waals surface area contributed by atoms with E-state index in [1.165, 1.54) is 7.11 Å². The fourth-order valence-corrected chi connectivity index (χ4v) is 4.43. The van der Waals surface area contributed by atoms with Gasteiger partial charge in [-0.2, -0.15) is 5.10 Å². The van der Waals surface area contributed by atoms with Crippen molar-refractivity contribution in [3.8, 4) is 11.4 Å². The van der Waals surface area contributed by atoms with E-state index < -0.39 is 0 Å². The van der Waals surface area contributed by atoms with Gasteiger partial charge < -0.3 is 15.0 Å². The maximum atomic E-state index is 11.6. The van der Waals surface area contributed by atoms with Crippen LogP contribution in [0.3, 0.4) is 0 Å². The summed E-state index contributed by atoms with van der Waals surface area (Å²) >= 11 is 0. The number of anilines is 1. The van der Waals surface area contributed by atoms with Gasteiger partial charge in [0, 0.05) is 55.9 Å². The van der Waals surface area contributed by atoms with E-state index in [1.807, 2.05) is 36.0 Å². The number of nitrogens with zero attached hydrogens (tertiary/aromatic N) is 6. The number of hydrogen-bond donors (Lipinski definition) is 1. The Balaban J connectivity index is 1.25. The smallest absolute Gasteiger partial charge is 0.339 e. The number of esters is 1. The summed E-state index contributed by atoms with van der Waals surface area (Å²) in [4.78, 5) is 18.2. The molecule has 4 aromatic rings. The average molecular weight is 458 g/mol. The molecule has 0 saturated carbocycles. The third-order valence-corrected chi connectivity index (χ3v) is 6.34. The minimum Gasteiger partial charge on any atom is -0.465 e. The zero-order valence-corrected chi connectivity index (χ0v) is 19.3. The fourth-order valence-electron chi connectivity index (χ4n) is 4.43. The molecule has 0 aliphatic carbocycles. The molecule has 1 aromatic carbocycles. The van der Waals surface area contributed by atoms with Gasteiger partial charge in [0.15, 0.2) is 5.82 Å². The molecule has 5 rings (SSSR count). The lowest BCUT2D eigenvalue weighted by atomic mass is 10.0. The Kier molecular flexibility index (Phi) is 6.18. The number of ether oxygens (including phenoxy) is 1. The molecule has 0 amide bonds. The van der Waals surface area contributed by atoms with Crippen LogP contribution in [0.1, 0.15) is 28.9 Å².